The van der Waals surface area contributed by atoms with Gasteiger partial charge in [0.1, 0.15) is 12.0 Å². The Kier molecular flexibility index (Phi) is 4.56. The van der Waals surface area contributed by atoms with Crippen molar-refractivity contribution in [3.05, 3.63) is 36.4 Å². The van der Waals surface area contributed by atoms with Crippen molar-refractivity contribution in [2.24, 2.45) is 0 Å². The molecule has 0 N–H and O–H groups in total. The van der Waals surface area contributed by atoms with E-state index in [0.717, 1.165) is 12.0 Å². The second-order valence-electron chi connectivity index (χ2n) is 5.49. The highest BCUT2D eigenvalue weighted by atomic mass is 32.2. The minimum absolute atomic E-state index is 0.106. The number of aromatic nitrogens is 1. The Balaban J connectivity index is 1.78. The number of rotatable bonds is 3. The molecule has 1 aromatic heterocycles. The molecule has 1 saturated heterocycles. The molecule has 0 saturated carbocycles. The number of anilines is 1. The fourth-order valence-corrected chi connectivity index (χ4v) is 3.46. The highest BCUT2D eigenvalue weighted by Crippen LogP contribution is 2.43. The van der Waals surface area contributed by atoms with E-state index >= 15 is 0 Å². The molecular formula is C15H13F5N2O2S. The van der Waals surface area contributed by atoms with Crippen molar-refractivity contribution in [3.8, 4) is 11.3 Å². The Morgan fingerprint density at radius 2 is 1.64 bits per heavy atom. The molecule has 1 aliphatic rings. The van der Waals surface area contributed by atoms with Gasteiger partial charge in [-0.15, -0.1) is 0 Å². The minimum Gasteiger partial charge on any atom is -0.443 e. The van der Waals surface area contributed by atoms with Crippen LogP contribution in [0.5, 0.6) is 0 Å². The Morgan fingerprint density at radius 3 is 2.20 bits per heavy atom. The Hall–Kier alpha value is -1.97. The summed E-state index contributed by atoms with van der Waals surface area (Å²) in [5.74, 6) is -5.69. The first-order chi connectivity index (χ1) is 11.7. The first-order valence-electron chi connectivity index (χ1n) is 7.29. The summed E-state index contributed by atoms with van der Waals surface area (Å²) >= 11 is 0. The van der Waals surface area contributed by atoms with Crippen LogP contribution in [0.4, 0.5) is 27.6 Å². The number of hydrogen-bond donors (Lipinski definition) is 0. The van der Waals surface area contributed by atoms with E-state index in [9.17, 15) is 26.2 Å². The van der Waals surface area contributed by atoms with Gasteiger partial charge in [-0.1, -0.05) is 12.1 Å². The third-order valence-corrected chi connectivity index (χ3v) is 5.11. The molecule has 0 spiro atoms. The molecule has 0 atom stereocenters. The van der Waals surface area contributed by atoms with Crippen molar-refractivity contribution in [1.82, 2.24) is 4.98 Å². The summed E-state index contributed by atoms with van der Waals surface area (Å²) in [4.78, 5) is 5.31. The van der Waals surface area contributed by atoms with Gasteiger partial charge in [0.05, 0.1) is 0 Å². The fraction of sp³-hybridized carbons (Fsp3) is 0.400. The molecule has 2 aromatic rings. The van der Waals surface area contributed by atoms with E-state index < -0.39 is 28.8 Å². The van der Waals surface area contributed by atoms with Gasteiger partial charge in [-0.25, -0.2) is 4.98 Å². The molecule has 2 heterocycles. The van der Waals surface area contributed by atoms with Crippen LogP contribution in [0.1, 0.15) is 5.89 Å². The summed E-state index contributed by atoms with van der Waals surface area (Å²) < 4.78 is 79.2. The van der Waals surface area contributed by atoms with Crippen molar-refractivity contribution in [2.45, 2.75) is 12.1 Å². The van der Waals surface area contributed by atoms with Crippen LogP contribution in [-0.2, 0) is 16.7 Å². The molecule has 0 radical (unpaired) electrons. The van der Waals surface area contributed by atoms with E-state index in [0.29, 0.717) is 30.2 Å². The number of hydrogen-bond acceptors (Lipinski definition) is 4. The van der Waals surface area contributed by atoms with Crippen molar-refractivity contribution in [1.29, 1.82) is 0 Å². The predicted octanol–water partition coefficient (Wildman–Crippen LogP) is 3.56. The van der Waals surface area contributed by atoms with Gasteiger partial charge in [0.2, 0.25) is 0 Å². The molecule has 1 fully saturated rings. The molecular weight excluding hydrogens is 367 g/mol. The molecule has 10 heteroatoms. The van der Waals surface area contributed by atoms with Gasteiger partial charge in [-0.3, -0.25) is 4.21 Å². The molecule has 0 aliphatic carbocycles. The maximum Gasteiger partial charge on any atom is 0.463 e. The highest BCUT2D eigenvalue weighted by molar-refractivity contribution is 7.85. The van der Waals surface area contributed by atoms with E-state index in [1.807, 2.05) is 4.90 Å². The van der Waals surface area contributed by atoms with Crippen molar-refractivity contribution in [3.63, 3.8) is 0 Å². The second-order valence-corrected chi connectivity index (χ2v) is 7.19. The number of oxazole rings is 1. The zero-order valence-corrected chi connectivity index (χ0v) is 13.5. The topological polar surface area (TPSA) is 46.3 Å². The SMILES string of the molecule is O=S1CCN(c2ccc(-c3coc(C(F)(F)C(F)(F)F)n3)cc2)CC1. The van der Waals surface area contributed by atoms with Gasteiger partial charge < -0.3 is 9.32 Å². The lowest BCUT2D eigenvalue weighted by Gasteiger charge is -2.28. The van der Waals surface area contributed by atoms with Gasteiger partial charge in [-0.2, -0.15) is 22.0 Å². The smallest absolute Gasteiger partial charge is 0.443 e. The molecule has 1 aromatic carbocycles. The largest absolute Gasteiger partial charge is 0.463 e. The van der Waals surface area contributed by atoms with E-state index in [2.05, 4.69) is 9.40 Å². The number of benzene rings is 1. The number of halogens is 5. The van der Waals surface area contributed by atoms with Crippen LogP contribution in [0, 0.1) is 0 Å². The summed E-state index contributed by atoms with van der Waals surface area (Å²) in [7, 11) is -0.809. The van der Waals surface area contributed by atoms with E-state index in [-0.39, 0.29) is 5.69 Å². The molecule has 25 heavy (non-hydrogen) atoms. The quantitative estimate of drug-likeness (QED) is 0.764. The van der Waals surface area contributed by atoms with Gasteiger partial charge >= 0.3 is 12.1 Å². The third kappa shape index (κ3) is 3.53. The van der Waals surface area contributed by atoms with Crippen LogP contribution < -0.4 is 4.90 Å². The van der Waals surface area contributed by atoms with Crippen LogP contribution in [0.3, 0.4) is 0 Å². The molecule has 0 amide bonds. The lowest BCUT2D eigenvalue weighted by Crippen LogP contribution is -2.37. The van der Waals surface area contributed by atoms with E-state index in [1.54, 1.807) is 24.3 Å². The van der Waals surface area contributed by atoms with Crippen molar-refractivity contribution >= 4 is 16.5 Å². The third-order valence-electron chi connectivity index (χ3n) is 3.83. The zero-order valence-electron chi connectivity index (χ0n) is 12.7. The molecule has 0 unspecified atom stereocenters. The molecule has 136 valence electrons. The van der Waals surface area contributed by atoms with Crippen LogP contribution in [0.2, 0.25) is 0 Å². The summed E-state index contributed by atoms with van der Waals surface area (Å²) in [5, 5.41) is 0. The average molecular weight is 380 g/mol. The highest BCUT2D eigenvalue weighted by Gasteiger charge is 2.62. The number of alkyl halides is 5. The lowest BCUT2D eigenvalue weighted by molar-refractivity contribution is -0.297. The van der Waals surface area contributed by atoms with Crippen molar-refractivity contribution < 1.29 is 30.6 Å². The molecule has 0 bridgehead atoms. The van der Waals surface area contributed by atoms with Crippen LogP contribution in [-0.4, -0.2) is 40.0 Å². The van der Waals surface area contributed by atoms with Gasteiger partial charge in [0.25, 0.3) is 5.89 Å². The molecule has 1 aliphatic heterocycles. The standard InChI is InChI=1S/C15H13F5N2O2S/c16-14(17,15(18,19)20)13-21-12(9-24-13)10-1-3-11(4-2-10)22-5-7-25(23)8-6-22/h1-4,9H,5-8H2. The first kappa shape index (κ1) is 17.8. The van der Waals surface area contributed by atoms with Crippen LogP contribution >= 0.6 is 0 Å². The van der Waals surface area contributed by atoms with E-state index in [4.69, 9.17) is 0 Å². The fourth-order valence-electron chi connectivity index (χ4n) is 2.41. The Morgan fingerprint density at radius 1 is 1.04 bits per heavy atom. The monoisotopic (exact) mass is 380 g/mol. The van der Waals surface area contributed by atoms with Crippen LogP contribution in [0.15, 0.2) is 34.9 Å². The Labute approximate surface area is 142 Å². The second kappa shape index (κ2) is 6.40. The molecule has 3 rings (SSSR count). The summed E-state index contributed by atoms with van der Waals surface area (Å²) in [5.41, 5.74) is 1.10. The normalized spacial score (nSPS) is 17.1. The molecule has 4 nitrogen and oxygen atoms in total. The zero-order chi connectivity index (χ0) is 18.2. The average Bonchev–Trinajstić information content (AvgIpc) is 3.05. The maximum atomic E-state index is 13.2. The van der Waals surface area contributed by atoms with E-state index in [1.165, 1.54) is 0 Å². The minimum atomic E-state index is -5.77. The summed E-state index contributed by atoms with van der Waals surface area (Å²) in [6.45, 7) is 1.27. The maximum absolute atomic E-state index is 13.2. The summed E-state index contributed by atoms with van der Waals surface area (Å²) in [6.07, 6.45) is -5.00. The van der Waals surface area contributed by atoms with Gasteiger partial charge in [0, 0.05) is 46.6 Å². The first-order valence-corrected chi connectivity index (χ1v) is 8.78. The van der Waals surface area contributed by atoms with Gasteiger partial charge in [-0.05, 0) is 12.1 Å². The van der Waals surface area contributed by atoms with Crippen molar-refractivity contribution in [2.75, 3.05) is 29.5 Å². The lowest BCUT2D eigenvalue weighted by atomic mass is 10.1. The Bertz CT molecular complexity index is 763. The van der Waals surface area contributed by atoms with Gasteiger partial charge in [0.15, 0.2) is 0 Å². The number of nitrogens with zero attached hydrogens (tertiary/aromatic N) is 2. The predicted molar refractivity (Wildman–Crippen MR) is 82.0 cm³/mol. The van der Waals surface area contributed by atoms with Crippen LogP contribution in [0.25, 0.3) is 11.3 Å². The summed E-state index contributed by atoms with van der Waals surface area (Å²) in [6, 6.07) is 6.54.